The van der Waals surface area contributed by atoms with Crippen molar-refractivity contribution in [3.05, 3.63) is 144 Å². The van der Waals surface area contributed by atoms with Crippen LogP contribution in [0.3, 0.4) is 0 Å². The number of pyridine rings is 2. The first-order valence-corrected chi connectivity index (χ1v) is 19.9. The van der Waals surface area contributed by atoms with E-state index in [0.29, 0.717) is 38.5 Å². The molecule has 0 aliphatic rings. The van der Waals surface area contributed by atoms with Crippen molar-refractivity contribution < 1.29 is 22.8 Å². The van der Waals surface area contributed by atoms with Crippen molar-refractivity contribution in [1.29, 1.82) is 0 Å². The highest BCUT2D eigenvalue weighted by molar-refractivity contribution is 7.13. The van der Waals surface area contributed by atoms with Crippen molar-refractivity contribution in [3.63, 3.8) is 0 Å². The Balaban J connectivity index is 0.000000187. The fraction of sp³-hybridized carbons (Fsp3) is 0.128. The van der Waals surface area contributed by atoms with Crippen molar-refractivity contribution in [2.75, 3.05) is 16.4 Å². The van der Waals surface area contributed by atoms with E-state index >= 15 is 0 Å². The standard InChI is InChI=1S/C22H17ClN6O.C17H12Cl2F3N7O2S/c1-13(28-21-19-20(25-11-24-19)26-12-27-21)17-10-14-6-5-9-16(23)18(14)22(30)29(17)15-7-3-2-4-8-15;1-6(28-15(31)12-11(19)13(23)27-5-26-12)16-25-4-9(32-16)14(30)29-10-2-7(17(20,21)22)8(18)3-24-10/h2-13H,1H3,(H2,24,25,26,27,28);2-6H,1H3,(H,28,31)(H2,23,26,27)(H,24,29,30)/t;6-/m.1/s1. The van der Waals surface area contributed by atoms with Gasteiger partial charge in [0, 0.05) is 17.6 Å². The van der Waals surface area contributed by atoms with Gasteiger partial charge >= 0.3 is 6.18 Å². The molecular formula is C39H29Cl3F3N13O3S. The number of aromatic amines is 1. The van der Waals surface area contributed by atoms with Crippen LogP contribution in [0.4, 0.5) is 30.6 Å². The molecule has 16 nitrogen and oxygen atoms in total. The van der Waals surface area contributed by atoms with Crippen molar-refractivity contribution in [2.24, 2.45) is 0 Å². The molecule has 1 unspecified atom stereocenters. The Kier molecular flexibility index (Phi) is 12.6. The molecule has 8 rings (SSSR count). The smallest absolute Gasteiger partial charge is 0.382 e. The number of amides is 2. The number of carbonyl (C=O) groups excluding carboxylic acids is 2. The Morgan fingerprint density at radius 2 is 1.61 bits per heavy atom. The van der Waals surface area contributed by atoms with Crippen LogP contribution in [-0.2, 0) is 6.18 Å². The van der Waals surface area contributed by atoms with Gasteiger partial charge in [-0.3, -0.25) is 19.0 Å². The van der Waals surface area contributed by atoms with E-state index in [1.165, 1.54) is 12.5 Å². The second-order valence-corrected chi connectivity index (χ2v) is 15.4. The topological polar surface area (TPSA) is 224 Å². The molecule has 62 heavy (non-hydrogen) atoms. The number of alkyl halides is 3. The van der Waals surface area contributed by atoms with Crippen LogP contribution < -0.4 is 27.2 Å². The van der Waals surface area contributed by atoms with Gasteiger partial charge < -0.3 is 26.7 Å². The number of nitrogens with two attached hydrogens (primary N) is 1. The lowest BCUT2D eigenvalue weighted by molar-refractivity contribution is -0.137. The van der Waals surface area contributed by atoms with Gasteiger partial charge in [0.2, 0.25) is 0 Å². The summed E-state index contributed by atoms with van der Waals surface area (Å²) in [5.41, 5.74) is 6.96. The molecule has 2 aromatic carbocycles. The SMILES string of the molecule is CC(Nc1ncnc2nc[nH]c12)c1cc2cccc(Cl)c2c(=O)n1-c1ccccc1.C[C@@H](NC(=O)c1ncnc(N)c1Cl)c1ncc(C(=O)Nc2cc(C(F)(F)F)c(Cl)cn2)s1. The third-order valence-corrected chi connectivity index (χ3v) is 11.1. The zero-order valence-electron chi connectivity index (χ0n) is 31.9. The van der Waals surface area contributed by atoms with Gasteiger partial charge in [-0.25, -0.2) is 34.9 Å². The number of benzene rings is 2. The maximum Gasteiger partial charge on any atom is 0.418 e. The largest absolute Gasteiger partial charge is 0.418 e. The van der Waals surface area contributed by atoms with Gasteiger partial charge in [0.15, 0.2) is 17.2 Å². The number of fused-ring (bicyclic) bond motifs is 2. The lowest BCUT2D eigenvalue weighted by Gasteiger charge is -2.21. The maximum atomic E-state index is 13.5. The number of aromatic nitrogens is 9. The Bertz CT molecular complexity index is 3020. The molecule has 6 heterocycles. The van der Waals surface area contributed by atoms with Crippen LogP contribution in [0.15, 0.2) is 96.8 Å². The highest BCUT2D eigenvalue weighted by atomic mass is 35.5. The fourth-order valence-corrected chi connectivity index (χ4v) is 7.49. The van der Waals surface area contributed by atoms with E-state index in [2.05, 4.69) is 55.8 Å². The number of anilines is 3. The number of nitrogen functional groups attached to an aromatic ring is 1. The van der Waals surface area contributed by atoms with Crippen LogP contribution in [-0.4, -0.2) is 56.3 Å². The van der Waals surface area contributed by atoms with Gasteiger partial charge in [0.1, 0.15) is 44.7 Å². The van der Waals surface area contributed by atoms with Crippen molar-refractivity contribution >= 4 is 97.3 Å². The van der Waals surface area contributed by atoms with Crippen LogP contribution in [0.5, 0.6) is 0 Å². The molecule has 2 atom stereocenters. The highest BCUT2D eigenvalue weighted by Gasteiger charge is 2.34. The maximum absolute atomic E-state index is 13.5. The predicted octanol–water partition coefficient (Wildman–Crippen LogP) is 8.46. The Morgan fingerprint density at radius 3 is 2.37 bits per heavy atom. The lowest BCUT2D eigenvalue weighted by atomic mass is 10.1. The summed E-state index contributed by atoms with van der Waals surface area (Å²) in [5, 5.41) is 9.63. The highest BCUT2D eigenvalue weighted by Crippen LogP contribution is 2.36. The van der Waals surface area contributed by atoms with E-state index in [4.69, 9.17) is 40.5 Å². The zero-order chi connectivity index (χ0) is 44.3. The molecule has 0 fully saturated rings. The van der Waals surface area contributed by atoms with Gasteiger partial charge in [-0.05, 0) is 49.6 Å². The molecule has 0 spiro atoms. The molecular weight excluding hydrogens is 894 g/mol. The van der Waals surface area contributed by atoms with Gasteiger partial charge in [-0.1, -0.05) is 65.1 Å². The molecule has 6 N–H and O–H groups in total. The molecule has 8 aromatic rings. The number of imidazole rings is 1. The summed E-state index contributed by atoms with van der Waals surface area (Å²) in [5.74, 6) is -1.15. The third kappa shape index (κ3) is 9.27. The average molecular weight is 923 g/mol. The number of halogens is 6. The second-order valence-electron chi connectivity index (χ2n) is 13.1. The normalized spacial score (nSPS) is 12.3. The van der Waals surface area contributed by atoms with Gasteiger partial charge in [0.25, 0.3) is 17.4 Å². The summed E-state index contributed by atoms with van der Waals surface area (Å²) in [6.07, 6.45) is 1.42. The number of carbonyl (C=O) groups is 2. The number of para-hydroxylation sites is 1. The molecule has 2 amide bonds. The van der Waals surface area contributed by atoms with E-state index in [1.54, 1.807) is 23.9 Å². The number of nitrogens with zero attached hydrogens (tertiary/aromatic N) is 8. The molecule has 23 heteroatoms. The summed E-state index contributed by atoms with van der Waals surface area (Å²) in [4.78, 5) is 69.3. The number of hydrogen-bond acceptors (Lipinski definition) is 13. The van der Waals surface area contributed by atoms with E-state index in [0.717, 1.165) is 40.6 Å². The monoisotopic (exact) mass is 921 g/mol. The van der Waals surface area contributed by atoms with Crippen LogP contribution >= 0.6 is 46.1 Å². The summed E-state index contributed by atoms with van der Waals surface area (Å²) < 4.78 is 40.6. The summed E-state index contributed by atoms with van der Waals surface area (Å²) in [6, 6.07) is 16.7. The Hall–Kier alpha value is -6.74. The third-order valence-electron chi connectivity index (χ3n) is 8.96. The summed E-state index contributed by atoms with van der Waals surface area (Å²) >= 11 is 18.7. The minimum Gasteiger partial charge on any atom is -0.382 e. The molecule has 0 aliphatic heterocycles. The van der Waals surface area contributed by atoms with Crippen molar-refractivity contribution in [1.82, 2.24) is 49.8 Å². The van der Waals surface area contributed by atoms with Gasteiger partial charge in [-0.2, -0.15) is 13.2 Å². The Labute approximate surface area is 366 Å². The van der Waals surface area contributed by atoms with Crippen LogP contribution in [0.2, 0.25) is 15.1 Å². The molecule has 0 saturated heterocycles. The lowest BCUT2D eigenvalue weighted by Crippen LogP contribution is -2.28. The molecule has 0 bridgehead atoms. The number of hydrogen-bond donors (Lipinski definition) is 5. The number of H-pyrrole nitrogens is 1. The zero-order valence-corrected chi connectivity index (χ0v) is 35.0. The minimum absolute atomic E-state index is 0.0582. The fourth-order valence-electron chi connectivity index (χ4n) is 6.02. The van der Waals surface area contributed by atoms with Crippen molar-refractivity contribution in [2.45, 2.75) is 32.1 Å². The Morgan fingerprint density at radius 1 is 0.855 bits per heavy atom. The van der Waals surface area contributed by atoms with E-state index < -0.39 is 34.6 Å². The second kappa shape index (κ2) is 18.1. The molecule has 0 aliphatic carbocycles. The first-order valence-electron chi connectivity index (χ1n) is 18.0. The van der Waals surface area contributed by atoms with E-state index in [9.17, 15) is 27.6 Å². The molecule has 6 aromatic heterocycles. The quantitative estimate of drug-likeness (QED) is 0.0920. The van der Waals surface area contributed by atoms with E-state index in [1.807, 2.05) is 55.5 Å². The first kappa shape index (κ1) is 43.4. The number of thiazole rings is 1. The van der Waals surface area contributed by atoms with Crippen LogP contribution in [0.25, 0.3) is 27.6 Å². The number of nitrogens with one attached hydrogen (secondary N) is 4. The average Bonchev–Trinajstić information content (AvgIpc) is 3.94. The van der Waals surface area contributed by atoms with Gasteiger partial charge in [0.05, 0.1) is 45.6 Å². The van der Waals surface area contributed by atoms with E-state index in [-0.39, 0.29) is 38.8 Å². The van der Waals surface area contributed by atoms with Crippen molar-refractivity contribution in [3.8, 4) is 5.69 Å². The molecule has 0 saturated carbocycles. The van der Waals surface area contributed by atoms with Gasteiger partial charge in [-0.15, -0.1) is 11.3 Å². The predicted molar refractivity (Wildman–Crippen MR) is 230 cm³/mol. The molecule has 0 radical (unpaired) electrons. The summed E-state index contributed by atoms with van der Waals surface area (Å²) in [7, 11) is 0. The molecule has 316 valence electrons. The number of rotatable bonds is 9. The summed E-state index contributed by atoms with van der Waals surface area (Å²) in [6.45, 7) is 3.59. The van der Waals surface area contributed by atoms with Crippen LogP contribution in [0, 0.1) is 0 Å². The van der Waals surface area contributed by atoms with Crippen LogP contribution in [0.1, 0.15) is 62.4 Å². The first-order chi connectivity index (χ1) is 29.6. The minimum atomic E-state index is -4.71.